The molecule has 2 unspecified atom stereocenters. The lowest BCUT2D eigenvalue weighted by atomic mass is 10.0. The molecule has 19 heavy (non-hydrogen) atoms. The average Bonchev–Trinajstić information content (AvgIpc) is 2.37. The van der Waals surface area contributed by atoms with Gasteiger partial charge in [0.1, 0.15) is 0 Å². The quantitative estimate of drug-likeness (QED) is 0.826. The lowest BCUT2D eigenvalue weighted by Crippen LogP contribution is -2.32. The smallest absolute Gasteiger partial charge is 0.151 e. The van der Waals surface area contributed by atoms with Crippen LogP contribution >= 0.6 is 0 Å². The third-order valence-electron chi connectivity index (χ3n) is 3.39. The van der Waals surface area contributed by atoms with Crippen molar-refractivity contribution >= 4 is 9.84 Å². The first kappa shape index (κ1) is 16.1. The van der Waals surface area contributed by atoms with Crippen LogP contribution in [0.25, 0.3) is 0 Å². The van der Waals surface area contributed by atoms with Crippen molar-refractivity contribution in [1.82, 2.24) is 5.32 Å². The summed E-state index contributed by atoms with van der Waals surface area (Å²) in [5.74, 6) is 0. The SMILES string of the molecule is CNC(c1ccc(CCOC)cc1)C(C)S(C)(=O)=O. The Morgan fingerprint density at radius 1 is 1.26 bits per heavy atom. The molecule has 0 spiro atoms. The van der Waals surface area contributed by atoms with Crippen molar-refractivity contribution in [2.75, 3.05) is 27.0 Å². The second-order valence-electron chi connectivity index (χ2n) is 4.79. The number of benzene rings is 1. The Morgan fingerprint density at radius 3 is 2.26 bits per heavy atom. The number of hydrogen-bond acceptors (Lipinski definition) is 4. The van der Waals surface area contributed by atoms with Gasteiger partial charge in [-0.3, -0.25) is 0 Å². The van der Waals surface area contributed by atoms with E-state index in [-0.39, 0.29) is 6.04 Å². The van der Waals surface area contributed by atoms with Crippen LogP contribution in [0.1, 0.15) is 24.1 Å². The third kappa shape index (κ3) is 4.60. The minimum absolute atomic E-state index is 0.188. The Morgan fingerprint density at radius 2 is 1.84 bits per heavy atom. The van der Waals surface area contributed by atoms with E-state index < -0.39 is 15.1 Å². The molecule has 0 aliphatic rings. The third-order valence-corrected chi connectivity index (χ3v) is 5.01. The van der Waals surface area contributed by atoms with Crippen molar-refractivity contribution in [2.24, 2.45) is 0 Å². The molecule has 1 aromatic rings. The highest BCUT2D eigenvalue weighted by Gasteiger charge is 2.25. The Kier molecular flexibility index (Phi) is 5.97. The minimum atomic E-state index is -3.07. The highest BCUT2D eigenvalue weighted by Crippen LogP contribution is 2.22. The summed E-state index contributed by atoms with van der Waals surface area (Å²) in [7, 11) is 0.394. The summed E-state index contributed by atoms with van der Waals surface area (Å²) in [6.07, 6.45) is 2.14. The molecule has 0 saturated heterocycles. The number of nitrogens with one attached hydrogen (secondary N) is 1. The summed E-state index contributed by atoms with van der Waals surface area (Å²) in [6, 6.07) is 7.81. The van der Waals surface area contributed by atoms with E-state index >= 15 is 0 Å². The molecular weight excluding hydrogens is 262 g/mol. The lowest BCUT2D eigenvalue weighted by molar-refractivity contribution is 0.202. The highest BCUT2D eigenvalue weighted by atomic mass is 32.2. The largest absolute Gasteiger partial charge is 0.384 e. The molecule has 1 N–H and O–H groups in total. The maximum Gasteiger partial charge on any atom is 0.151 e. The maximum absolute atomic E-state index is 11.7. The molecule has 4 nitrogen and oxygen atoms in total. The predicted molar refractivity (Wildman–Crippen MR) is 78.1 cm³/mol. The molecule has 1 rings (SSSR count). The van der Waals surface area contributed by atoms with Gasteiger partial charge in [-0.1, -0.05) is 24.3 Å². The van der Waals surface area contributed by atoms with E-state index in [9.17, 15) is 8.42 Å². The van der Waals surface area contributed by atoms with Crippen LogP contribution in [-0.2, 0) is 21.0 Å². The predicted octanol–water partition coefficient (Wildman–Crippen LogP) is 1.57. The van der Waals surface area contributed by atoms with E-state index in [1.165, 1.54) is 11.8 Å². The Bertz CT molecular complexity index is 482. The molecule has 2 atom stereocenters. The zero-order valence-electron chi connectivity index (χ0n) is 12.0. The van der Waals surface area contributed by atoms with Crippen LogP contribution < -0.4 is 5.32 Å². The van der Waals surface area contributed by atoms with Gasteiger partial charge in [0.2, 0.25) is 0 Å². The second-order valence-corrected chi connectivity index (χ2v) is 7.19. The summed E-state index contributed by atoms with van der Waals surface area (Å²) >= 11 is 0. The molecule has 0 radical (unpaired) electrons. The van der Waals surface area contributed by atoms with E-state index in [1.54, 1.807) is 21.1 Å². The van der Waals surface area contributed by atoms with Crippen LogP contribution in [0.5, 0.6) is 0 Å². The van der Waals surface area contributed by atoms with E-state index in [0.29, 0.717) is 6.61 Å². The zero-order valence-corrected chi connectivity index (χ0v) is 12.8. The average molecular weight is 285 g/mol. The molecule has 5 heteroatoms. The molecule has 1 aromatic carbocycles. The van der Waals surface area contributed by atoms with E-state index in [1.807, 2.05) is 24.3 Å². The molecule has 0 aromatic heterocycles. The minimum Gasteiger partial charge on any atom is -0.384 e. The number of sulfone groups is 1. The molecule has 0 fully saturated rings. The molecule has 0 amide bonds. The van der Waals surface area contributed by atoms with Crippen LogP contribution in [0.15, 0.2) is 24.3 Å². The fourth-order valence-corrected chi connectivity index (χ4v) is 2.82. The summed E-state index contributed by atoms with van der Waals surface area (Å²) in [4.78, 5) is 0. The van der Waals surface area contributed by atoms with Crippen molar-refractivity contribution < 1.29 is 13.2 Å². The number of hydrogen-bond donors (Lipinski definition) is 1. The number of methoxy groups -OCH3 is 1. The van der Waals surface area contributed by atoms with Crippen LogP contribution in [0.4, 0.5) is 0 Å². The van der Waals surface area contributed by atoms with Gasteiger partial charge in [0, 0.05) is 19.4 Å². The highest BCUT2D eigenvalue weighted by molar-refractivity contribution is 7.91. The fraction of sp³-hybridized carbons (Fsp3) is 0.571. The number of rotatable bonds is 7. The summed E-state index contributed by atoms with van der Waals surface area (Å²) in [6.45, 7) is 2.42. The van der Waals surface area contributed by atoms with Crippen LogP contribution in [0.3, 0.4) is 0 Å². The van der Waals surface area contributed by atoms with Crippen molar-refractivity contribution in [3.05, 3.63) is 35.4 Å². The van der Waals surface area contributed by atoms with E-state index in [4.69, 9.17) is 4.74 Å². The van der Waals surface area contributed by atoms with Crippen LogP contribution in [-0.4, -0.2) is 40.7 Å². The normalized spacial score (nSPS) is 15.2. The van der Waals surface area contributed by atoms with E-state index in [0.717, 1.165) is 12.0 Å². The zero-order chi connectivity index (χ0) is 14.5. The van der Waals surface area contributed by atoms with Gasteiger partial charge in [-0.15, -0.1) is 0 Å². The maximum atomic E-state index is 11.7. The number of ether oxygens (including phenoxy) is 1. The molecule has 108 valence electrons. The molecule has 0 aliphatic carbocycles. The van der Waals surface area contributed by atoms with Crippen LogP contribution in [0, 0.1) is 0 Å². The van der Waals surface area contributed by atoms with Gasteiger partial charge in [0.25, 0.3) is 0 Å². The van der Waals surface area contributed by atoms with Gasteiger partial charge < -0.3 is 10.1 Å². The van der Waals surface area contributed by atoms with Crippen molar-refractivity contribution in [3.63, 3.8) is 0 Å². The van der Waals surface area contributed by atoms with Crippen molar-refractivity contribution in [1.29, 1.82) is 0 Å². The van der Waals surface area contributed by atoms with Gasteiger partial charge in [0.15, 0.2) is 9.84 Å². The standard InChI is InChI=1S/C14H23NO3S/c1-11(19(4,16)17)14(15-2)13-7-5-12(6-8-13)9-10-18-3/h5-8,11,14-15H,9-10H2,1-4H3. The first-order valence-corrected chi connectivity index (χ1v) is 8.29. The topological polar surface area (TPSA) is 55.4 Å². The van der Waals surface area contributed by atoms with Gasteiger partial charge in [0.05, 0.1) is 11.9 Å². The van der Waals surface area contributed by atoms with Gasteiger partial charge >= 0.3 is 0 Å². The molecule has 0 bridgehead atoms. The Balaban J connectivity index is 2.88. The first-order valence-electron chi connectivity index (χ1n) is 6.34. The molecule has 0 aliphatic heterocycles. The Hall–Kier alpha value is -0.910. The van der Waals surface area contributed by atoms with Crippen LogP contribution in [0.2, 0.25) is 0 Å². The molecular formula is C14H23NO3S. The summed E-state index contributed by atoms with van der Waals surface area (Å²) in [5, 5.41) is 2.63. The lowest BCUT2D eigenvalue weighted by Gasteiger charge is -2.22. The van der Waals surface area contributed by atoms with Crippen molar-refractivity contribution in [2.45, 2.75) is 24.6 Å². The molecule has 0 saturated carbocycles. The summed E-state index contributed by atoms with van der Waals surface area (Å²) in [5.41, 5.74) is 2.18. The molecule has 0 heterocycles. The van der Waals surface area contributed by atoms with E-state index in [2.05, 4.69) is 5.32 Å². The van der Waals surface area contributed by atoms with Crippen molar-refractivity contribution in [3.8, 4) is 0 Å². The monoisotopic (exact) mass is 285 g/mol. The Labute approximate surface area is 116 Å². The van der Waals surface area contributed by atoms with Gasteiger partial charge in [-0.25, -0.2) is 8.42 Å². The second kappa shape index (κ2) is 7.03. The van der Waals surface area contributed by atoms with Gasteiger partial charge in [-0.2, -0.15) is 0 Å². The summed E-state index contributed by atoms with van der Waals surface area (Å²) < 4.78 is 28.3. The fourth-order valence-electron chi connectivity index (χ4n) is 2.03. The van der Waals surface area contributed by atoms with Gasteiger partial charge in [-0.05, 0) is 31.5 Å². The first-order chi connectivity index (χ1) is 8.90.